The summed E-state index contributed by atoms with van der Waals surface area (Å²) in [5.74, 6) is 0.332. The minimum atomic E-state index is -3.54. The Kier molecular flexibility index (Phi) is 3.53. The number of anilines is 1. The first kappa shape index (κ1) is 13.6. The van der Waals surface area contributed by atoms with Crippen molar-refractivity contribution in [3.05, 3.63) is 29.3 Å². The van der Waals surface area contributed by atoms with E-state index >= 15 is 0 Å². The summed E-state index contributed by atoms with van der Waals surface area (Å²) in [6.45, 7) is 0.722. The lowest BCUT2D eigenvalue weighted by atomic mass is 10.3. The van der Waals surface area contributed by atoms with Crippen molar-refractivity contribution in [3.63, 3.8) is 0 Å². The molecule has 0 amide bonds. The summed E-state index contributed by atoms with van der Waals surface area (Å²) in [6.07, 6.45) is 4.13. The molecule has 0 radical (unpaired) electrons. The smallest absolute Gasteiger partial charge is 0.272 e. The largest absolute Gasteiger partial charge is 0.310 e. The van der Waals surface area contributed by atoms with Gasteiger partial charge in [-0.2, -0.15) is 5.10 Å². The molecule has 0 spiro atoms. The molecule has 1 fully saturated rings. The fourth-order valence-corrected chi connectivity index (χ4v) is 4.00. The number of hydrogen-bond donors (Lipinski definition) is 2. The maximum atomic E-state index is 12.2. The number of hydrogen-bond acceptors (Lipinski definition) is 5. The molecule has 1 aliphatic rings. The summed E-state index contributed by atoms with van der Waals surface area (Å²) >= 11 is 1.23. The van der Waals surface area contributed by atoms with Gasteiger partial charge in [0.15, 0.2) is 5.82 Å². The van der Waals surface area contributed by atoms with E-state index in [1.807, 2.05) is 5.38 Å². The molecule has 0 aromatic carbocycles. The fraction of sp³-hybridized carbons (Fsp3) is 0.417. The molecule has 0 saturated heterocycles. The molecular formula is C12H16N4O2S2. The third-order valence-corrected chi connectivity index (χ3v) is 5.86. The Balaban J connectivity index is 1.69. The molecule has 2 aromatic heterocycles. The summed E-state index contributed by atoms with van der Waals surface area (Å²) in [5, 5.41) is 9.26. The number of sulfonamides is 1. The Bertz CT molecular complexity index is 701. The Morgan fingerprint density at radius 3 is 2.95 bits per heavy atom. The zero-order valence-electron chi connectivity index (χ0n) is 11.0. The van der Waals surface area contributed by atoms with Crippen molar-refractivity contribution >= 4 is 27.2 Å². The molecular weight excluding hydrogens is 296 g/mol. The van der Waals surface area contributed by atoms with Crippen LogP contribution in [0.1, 0.15) is 18.4 Å². The van der Waals surface area contributed by atoms with Gasteiger partial charge in [0, 0.05) is 31.9 Å². The van der Waals surface area contributed by atoms with Crippen molar-refractivity contribution in [3.8, 4) is 0 Å². The van der Waals surface area contributed by atoms with Crippen LogP contribution in [0, 0.1) is 0 Å². The number of aryl methyl sites for hydroxylation is 1. The zero-order chi connectivity index (χ0) is 14.2. The summed E-state index contributed by atoms with van der Waals surface area (Å²) in [5.41, 5.74) is 1.00. The van der Waals surface area contributed by atoms with Gasteiger partial charge in [0.2, 0.25) is 0 Å². The van der Waals surface area contributed by atoms with Crippen LogP contribution in [0.25, 0.3) is 0 Å². The summed E-state index contributed by atoms with van der Waals surface area (Å²) < 4.78 is 28.8. The van der Waals surface area contributed by atoms with Crippen molar-refractivity contribution < 1.29 is 8.42 Å². The molecule has 0 bridgehead atoms. The number of rotatable bonds is 6. The van der Waals surface area contributed by atoms with E-state index < -0.39 is 10.0 Å². The summed E-state index contributed by atoms with van der Waals surface area (Å²) in [6, 6.07) is 3.95. The van der Waals surface area contributed by atoms with Crippen LogP contribution in [0.5, 0.6) is 0 Å². The highest BCUT2D eigenvalue weighted by atomic mass is 32.2. The van der Waals surface area contributed by atoms with E-state index in [1.165, 1.54) is 24.2 Å². The van der Waals surface area contributed by atoms with E-state index in [0.717, 1.165) is 12.1 Å². The van der Waals surface area contributed by atoms with Crippen LogP contribution >= 0.6 is 11.3 Å². The highest BCUT2D eigenvalue weighted by Gasteiger charge is 2.21. The standard InChI is InChI=1S/C12H16N4O2S2/c1-16-5-4-11(14-16)15-20(17,18)12-6-9(8-19-12)7-13-10-2-3-10/h4-6,8,10,13H,2-3,7H2,1H3,(H,14,15). The molecule has 2 aromatic rings. The highest BCUT2D eigenvalue weighted by Crippen LogP contribution is 2.24. The molecule has 0 aliphatic heterocycles. The normalized spacial score (nSPS) is 15.4. The molecule has 1 saturated carbocycles. The van der Waals surface area contributed by atoms with Crippen molar-refractivity contribution in [1.29, 1.82) is 0 Å². The second kappa shape index (κ2) is 5.19. The molecule has 108 valence electrons. The van der Waals surface area contributed by atoms with E-state index in [-0.39, 0.29) is 0 Å². The van der Waals surface area contributed by atoms with Crippen LogP contribution in [0.4, 0.5) is 5.82 Å². The van der Waals surface area contributed by atoms with Crippen molar-refractivity contribution in [2.24, 2.45) is 7.05 Å². The maximum absolute atomic E-state index is 12.2. The maximum Gasteiger partial charge on any atom is 0.272 e. The monoisotopic (exact) mass is 312 g/mol. The molecule has 0 unspecified atom stereocenters. The first-order chi connectivity index (χ1) is 9.53. The first-order valence-corrected chi connectivity index (χ1v) is 8.72. The molecule has 2 N–H and O–H groups in total. The van der Waals surface area contributed by atoms with Gasteiger partial charge in [0.25, 0.3) is 10.0 Å². The lowest BCUT2D eigenvalue weighted by Gasteiger charge is -2.02. The average molecular weight is 312 g/mol. The third-order valence-electron chi connectivity index (χ3n) is 3.02. The number of thiophene rings is 1. The average Bonchev–Trinajstić information content (AvgIpc) is 2.93. The number of aromatic nitrogens is 2. The molecule has 0 atom stereocenters. The third kappa shape index (κ3) is 3.20. The Morgan fingerprint density at radius 1 is 1.50 bits per heavy atom. The SMILES string of the molecule is Cn1ccc(NS(=O)(=O)c2cc(CNC3CC3)cs2)n1. The molecule has 8 heteroatoms. The van der Waals surface area contributed by atoms with Gasteiger partial charge in [-0.05, 0) is 29.9 Å². The van der Waals surface area contributed by atoms with E-state index in [2.05, 4.69) is 15.1 Å². The van der Waals surface area contributed by atoms with Gasteiger partial charge in [-0.1, -0.05) is 0 Å². The Hall–Kier alpha value is -1.38. The number of nitrogens with one attached hydrogen (secondary N) is 2. The van der Waals surface area contributed by atoms with Gasteiger partial charge in [-0.25, -0.2) is 8.42 Å². The lowest BCUT2D eigenvalue weighted by Crippen LogP contribution is -2.15. The van der Waals surface area contributed by atoms with Gasteiger partial charge >= 0.3 is 0 Å². The van der Waals surface area contributed by atoms with Gasteiger partial charge in [0.05, 0.1) is 0 Å². The summed E-state index contributed by atoms with van der Waals surface area (Å²) in [7, 11) is -1.80. The Morgan fingerprint density at radius 2 is 2.30 bits per heavy atom. The number of nitrogens with zero attached hydrogens (tertiary/aromatic N) is 2. The molecule has 3 rings (SSSR count). The Labute approximate surface area is 121 Å². The van der Waals surface area contributed by atoms with Gasteiger partial charge in [-0.3, -0.25) is 9.40 Å². The second-order valence-corrected chi connectivity index (χ2v) is 7.73. The van der Waals surface area contributed by atoms with Crippen molar-refractivity contribution in [2.75, 3.05) is 4.72 Å². The quantitative estimate of drug-likeness (QED) is 0.848. The van der Waals surface area contributed by atoms with Gasteiger partial charge < -0.3 is 5.32 Å². The van der Waals surface area contributed by atoms with Crippen LogP contribution in [0.15, 0.2) is 27.9 Å². The van der Waals surface area contributed by atoms with Crippen LogP contribution in [0.2, 0.25) is 0 Å². The van der Waals surface area contributed by atoms with Crippen LogP contribution in [-0.4, -0.2) is 24.2 Å². The fourth-order valence-electron chi connectivity index (χ4n) is 1.79. The highest BCUT2D eigenvalue weighted by molar-refractivity contribution is 7.94. The molecule has 20 heavy (non-hydrogen) atoms. The predicted octanol–water partition coefficient (Wildman–Crippen LogP) is 1.53. The lowest BCUT2D eigenvalue weighted by molar-refractivity contribution is 0.602. The minimum absolute atomic E-state index is 0.316. The molecule has 1 aliphatic carbocycles. The first-order valence-electron chi connectivity index (χ1n) is 6.36. The van der Waals surface area contributed by atoms with Crippen molar-refractivity contribution in [2.45, 2.75) is 29.6 Å². The predicted molar refractivity (Wildman–Crippen MR) is 78.2 cm³/mol. The van der Waals surface area contributed by atoms with Crippen LogP contribution in [0.3, 0.4) is 0 Å². The molecule has 6 nitrogen and oxygen atoms in total. The topological polar surface area (TPSA) is 76.0 Å². The van der Waals surface area contributed by atoms with E-state index in [9.17, 15) is 8.42 Å². The van der Waals surface area contributed by atoms with Gasteiger partial charge in [-0.15, -0.1) is 11.3 Å². The van der Waals surface area contributed by atoms with Crippen molar-refractivity contribution in [1.82, 2.24) is 15.1 Å². The van der Waals surface area contributed by atoms with E-state index in [1.54, 1.807) is 30.1 Å². The van der Waals surface area contributed by atoms with Crippen LogP contribution in [-0.2, 0) is 23.6 Å². The minimum Gasteiger partial charge on any atom is -0.310 e. The van der Waals surface area contributed by atoms with E-state index in [0.29, 0.717) is 16.1 Å². The molecule has 2 heterocycles. The zero-order valence-corrected chi connectivity index (χ0v) is 12.7. The van der Waals surface area contributed by atoms with Crippen LogP contribution < -0.4 is 10.0 Å². The van der Waals surface area contributed by atoms with E-state index in [4.69, 9.17) is 0 Å². The van der Waals surface area contributed by atoms with Gasteiger partial charge in [0.1, 0.15) is 4.21 Å². The summed E-state index contributed by atoms with van der Waals surface area (Å²) in [4.78, 5) is 0. The second-order valence-electron chi connectivity index (χ2n) is 4.91.